The third-order valence-corrected chi connectivity index (χ3v) is 3.29. The van der Waals surface area contributed by atoms with Gasteiger partial charge in [-0.15, -0.1) is 0 Å². The standard InChI is InChI=1S/C12H17Cl2NO/c1-9(6-7-16-2)15-8-10-4-3-5-11(13)12(10)14/h3-5,9,15H,6-8H2,1-2H3. The molecule has 90 valence electrons. The Bertz CT molecular complexity index is 331. The molecule has 1 unspecified atom stereocenters. The van der Waals surface area contributed by atoms with Crippen molar-refractivity contribution in [2.75, 3.05) is 13.7 Å². The Morgan fingerprint density at radius 3 is 2.81 bits per heavy atom. The Hall–Kier alpha value is -0.280. The summed E-state index contributed by atoms with van der Waals surface area (Å²) in [4.78, 5) is 0. The van der Waals surface area contributed by atoms with Crippen LogP contribution in [0.5, 0.6) is 0 Å². The number of methoxy groups -OCH3 is 1. The van der Waals surface area contributed by atoms with Crippen molar-refractivity contribution in [2.45, 2.75) is 25.9 Å². The predicted molar refractivity (Wildman–Crippen MR) is 69.3 cm³/mol. The van der Waals surface area contributed by atoms with Gasteiger partial charge < -0.3 is 10.1 Å². The Morgan fingerprint density at radius 1 is 1.38 bits per heavy atom. The zero-order chi connectivity index (χ0) is 12.0. The smallest absolute Gasteiger partial charge is 0.0637 e. The van der Waals surface area contributed by atoms with Crippen molar-refractivity contribution in [3.05, 3.63) is 33.8 Å². The molecule has 1 atom stereocenters. The highest BCUT2D eigenvalue weighted by atomic mass is 35.5. The van der Waals surface area contributed by atoms with Gasteiger partial charge >= 0.3 is 0 Å². The normalized spacial score (nSPS) is 12.8. The third kappa shape index (κ3) is 4.30. The number of hydrogen-bond donors (Lipinski definition) is 1. The van der Waals surface area contributed by atoms with Gasteiger partial charge in [0.1, 0.15) is 0 Å². The number of halogens is 2. The highest BCUT2D eigenvalue weighted by Crippen LogP contribution is 2.25. The van der Waals surface area contributed by atoms with E-state index in [4.69, 9.17) is 27.9 Å². The van der Waals surface area contributed by atoms with Gasteiger partial charge in [-0.25, -0.2) is 0 Å². The van der Waals surface area contributed by atoms with E-state index in [0.29, 0.717) is 16.1 Å². The van der Waals surface area contributed by atoms with Crippen LogP contribution in [-0.4, -0.2) is 19.8 Å². The molecule has 0 radical (unpaired) electrons. The molecule has 0 aliphatic heterocycles. The van der Waals surface area contributed by atoms with E-state index in [1.165, 1.54) is 0 Å². The lowest BCUT2D eigenvalue weighted by Gasteiger charge is -2.14. The summed E-state index contributed by atoms with van der Waals surface area (Å²) >= 11 is 12.0. The molecule has 0 heterocycles. The maximum Gasteiger partial charge on any atom is 0.0637 e. The predicted octanol–water partition coefficient (Wildman–Crippen LogP) is 3.51. The second-order valence-corrected chi connectivity index (χ2v) is 4.56. The monoisotopic (exact) mass is 261 g/mol. The van der Waals surface area contributed by atoms with Crippen LogP contribution >= 0.6 is 23.2 Å². The van der Waals surface area contributed by atoms with E-state index >= 15 is 0 Å². The van der Waals surface area contributed by atoms with Crippen LogP contribution in [0.1, 0.15) is 18.9 Å². The molecule has 2 nitrogen and oxygen atoms in total. The molecule has 16 heavy (non-hydrogen) atoms. The summed E-state index contributed by atoms with van der Waals surface area (Å²) < 4.78 is 5.02. The van der Waals surface area contributed by atoms with Crippen molar-refractivity contribution >= 4 is 23.2 Å². The van der Waals surface area contributed by atoms with E-state index < -0.39 is 0 Å². The second-order valence-electron chi connectivity index (χ2n) is 3.78. The summed E-state index contributed by atoms with van der Waals surface area (Å²) in [6, 6.07) is 6.08. The van der Waals surface area contributed by atoms with Crippen molar-refractivity contribution in [3.63, 3.8) is 0 Å². The Morgan fingerprint density at radius 2 is 2.12 bits per heavy atom. The van der Waals surface area contributed by atoms with Crippen LogP contribution < -0.4 is 5.32 Å². The van der Waals surface area contributed by atoms with E-state index in [9.17, 15) is 0 Å². The van der Waals surface area contributed by atoms with Crippen molar-refractivity contribution in [3.8, 4) is 0 Å². The van der Waals surface area contributed by atoms with Gasteiger partial charge in [-0.2, -0.15) is 0 Å². The summed E-state index contributed by atoms with van der Waals surface area (Å²) in [5.41, 5.74) is 1.03. The van der Waals surface area contributed by atoms with E-state index in [-0.39, 0.29) is 0 Å². The largest absolute Gasteiger partial charge is 0.385 e. The average molecular weight is 262 g/mol. The Balaban J connectivity index is 2.45. The molecule has 0 spiro atoms. The lowest BCUT2D eigenvalue weighted by molar-refractivity contribution is 0.184. The van der Waals surface area contributed by atoms with Gasteiger partial charge in [0.25, 0.3) is 0 Å². The van der Waals surface area contributed by atoms with Crippen molar-refractivity contribution < 1.29 is 4.74 Å². The summed E-state index contributed by atoms with van der Waals surface area (Å²) in [5.74, 6) is 0. The van der Waals surface area contributed by atoms with E-state index in [2.05, 4.69) is 12.2 Å². The third-order valence-electron chi connectivity index (χ3n) is 2.43. The van der Waals surface area contributed by atoms with Crippen LogP contribution in [-0.2, 0) is 11.3 Å². The molecular formula is C12H17Cl2NO. The van der Waals surface area contributed by atoms with Crippen LogP contribution in [0.4, 0.5) is 0 Å². The van der Waals surface area contributed by atoms with E-state index in [1.807, 2.05) is 12.1 Å². The van der Waals surface area contributed by atoms with Gasteiger partial charge in [-0.3, -0.25) is 0 Å². The highest BCUT2D eigenvalue weighted by molar-refractivity contribution is 6.42. The quantitative estimate of drug-likeness (QED) is 0.847. The SMILES string of the molecule is COCCC(C)NCc1cccc(Cl)c1Cl. The zero-order valence-electron chi connectivity index (χ0n) is 9.59. The number of nitrogens with one attached hydrogen (secondary N) is 1. The highest BCUT2D eigenvalue weighted by Gasteiger charge is 2.06. The molecule has 0 aromatic heterocycles. The van der Waals surface area contributed by atoms with Crippen LogP contribution in [0.3, 0.4) is 0 Å². The lowest BCUT2D eigenvalue weighted by atomic mass is 10.2. The molecule has 4 heteroatoms. The molecule has 0 saturated heterocycles. The first-order valence-corrected chi connectivity index (χ1v) is 6.06. The van der Waals surface area contributed by atoms with Crippen LogP contribution in [0.15, 0.2) is 18.2 Å². The topological polar surface area (TPSA) is 21.3 Å². The molecule has 0 saturated carbocycles. The van der Waals surface area contributed by atoms with Gasteiger partial charge in [-0.05, 0) is 25.0 Å². The number of hydrogen-bond acceptors (Lipinski definition) is 2. The minimum absolute atomic E-state index is 0.398. The maximum atomic E-state index is 6.08. The number of ether oxygens (including phenoxy) is 1. The molecule has 0 fully saturated rings. The molecule has 0 aliphatic rings. The fourth-order valence-corrected chi connectivity index (χ4v) is 1.75. The molecule has 1 aromatic rings. The first kappa shape index (κ1) is 13.8. The summed E-state index contributed by atoms with van der Waals surface area (Å²) in [6.07, 6.45) is 0.981. The van der Waals surface area contributed by atoms with Crippen LogP contribution in [0.2, 0.25) is 10.0 Å². The molecule has 1 rings (SSSR count). The van der Waals surface area contributed by atoms with Gasteiger partial charge in [0.15, 0.2) is 0 Å². The van der Waals surface area contributed by atoms with E-state index in [1.54, 1.807) is 13.2 Å². The van der Waals surface area contributed by atoms with Crippen molar-refractivity contribution in [2.24, 2.45) is 0 Å². The first-order valence-electron chi connectivity index (χ1n) is 5.30. The molecule has 0 bridgehead atoms. The van der Waals surface area contributed by atoms with Gasteiger partial charge in [0, 0.05) is 26.3 Å². The summed E-state index contributed by atoms with van der Waals surface area (Å²) in [7, 11) is 1.71. The van der Waals surface area contributed by atoms with Gasteiger partial charge in [0.2, 0.25) is 0 Å². The first-order chi connectivity index (χ1) is 7.65. The summed E-state index contributed by atoms with van der Waals surface area (Å²) in [5, 5.41) is 4.62. The molecular weight excluding hydrogens is 245 g/mol. The van der Waals surface area contributed by atoms with Gasteiger partial charge in [0.05, 0.1) is 10.0 Å². The molecule has 0 amide bonds. The maximum absolute atomic E-state index is 6.08. The van der Waals surface area contributed by atoms with Crippen molar-refractivity contribution in [1.29, 1.82) is 0 Å². The Labute approximate surface area is 107 Å². The average Bonchev–Trinajstić information content (AvgIpc) is 2.28. The van der Waals surface area contributed by atoms with Crippen LogP contribution in [0, 0.1) is 0 Å². The number of rotatable bonds is 6. The fraction of sp³-hybridized carbons (Fsp3) is 0.500. The fourth-order valence-electron chi connectivity index (χ4n) is 1.37. The molecule has 1 N–H and O–H groups in total. The minimum atomic E-state index is 0.398. The van der Waals surface area contributed by atoms with E-state index in [0.717, 1.165) is 25.1 Å². The molecule has 1 aromatic carbocycles. The molecule has 0 aliphatic carbocycles. The second kappa shape index (κ2) is 7.13. The minimum Gasteiger partial charge on any atom is -0.385 e. The van der Waals surface area contributed by atoms with Gasteiger partial charge in [-0.1, -0.05) is 35.3 Å². The summed E-state index contributed by atoms with van der Waals surface area (Å²) in [6.45, 7) is 3.61. The Kier molecular flexibility index (Phi) is 6.14. The van der Waals surface area contributed by atoms with Crippen molar-refractivity contribution in [1.82, 2.24) is 5.32 Å². The number of benzene rings is 1. The van der Waals surface area contributed by atoms with Crippen LogP contribution in [0.25, 0.3) is 0 Å². The zero-order valence-corrected chi connectivity index (χ0v) is 11.1. The lowest BCUT2D eigenvalue weighted by Crippen LogP contribution is -2.26.